The molecule has 4 heterocycles. The molecule has 0 nitrogen and oxygen atoms in total. The fourth-order valence-corrected chi connectivity index (χ4v) is 9.27. The first kappa shape index (κ1) is 21.5. The van der Waals surface area contributed by atoms with E-state index in [1.165, 1.54) is 35.7 Å². The van der Waals surface area contributed by atoms with Gasteiger partial charge in [-0.2, -0.15) is 26.3 Å². The van der Waals surface area contributed by atoms with E-state index in [-0.39, 0.29) is 10.4 Å². The number of hydrogen-bond donors (Lipinski definition) is 0. The molecule has 5 rings (SSSR count). The van der Waals surface area contributed by atoms with Gasteiger partial charge in [0.1, 0.15) is 0 Å². The van der Waals surface area contributed by atoms with Crippen molar-refractivity contribution < 1.29 is 26.3 Å². The van der Waals surface area contributed by atoms with Crippen LogP contribution < -0.4 is 0 Å². The third-order valence-electron chi connectivity index (χ3n) is 5.62. The van der Waals surface area contributed by atoms with E-state index in [9.17, 15) is 17.6 Å². The highest BCUT2D eigenvalue weighted by molar-refractivity contribution is 7.38. The number of aryl methyl sites for hydroxylation is 4. The van der Waals surface area contributed by atoms with Crippen molar-refractivity contribution in [3.05, 3.63) is 42.8 Å². The smallest absolute Gasteiger partial charge is 0.194 e. The summed E-state index contributed by atoms with van der Waals surface area (Å²) in [6.45, 7) is 6.60. The fourth-order valence-electron chi connectivity index (χ4n) is 4.09. The van der Waals surface area contributed by atoms with Gasteiger partial charge in [0.2, 0.25) is 0 Å². The van der Waals surface area contributed by atoms with Gasteiger partial charge in [-0.3, -0.25) is 0 Å². The molecule has 0 N–H and O–H groups in total. The molecule has 0 aliphatic heterocycles. The Morgan fingerprint density at radius 3 is 1.97 bits per heavy atom. The van der Waals surface area contributed by atoms with Gasteiger partial charge in [0.15, 0.2) is 0 Å². The molecule has 0 unspecified atom stereocenters. The van der Waals surface area contributed by atoms with Gasteiger partial charge >= 0.3 is 17.8 Å². The lowest BCUT2D eigenvalue weighted by Gasteiger charge is -2.25. The largest absolute Gasteiger partial charge is 0.380 e. The van der Waals surface area contributed by atoms with Gasteiger partial charge in [0.25, 0.3) is 0 Å². The maximum atomic E-state index is 15.1. The Morgan fingerprint density at radius 1 is 0.710 bits per heavy atom. The monoisotopic (exact) mass is 508 g/mol. The highest BCUT2D eigenvalue weighted by Gasteiger charge is 2.80. The van der Waals surface area contributed by atoms with Crippen molar-refractivity contribution in [1.82, 2.24) is 0 Å². The van der Waals surface area contributed by atoms with Gasteiger partial charge < -0.3 is 0 Å². The van der Waals surface area contributed by atoms with Crippen molar-refractivity contribution in [3.63, 3.8) is 0 Å². The summed E-state index contributed by atoms with van der Waals surface area (Å²) in [6.07, 6.45) is 0. The van der Waals surface area contributed by atoms with Crippen LogP contribution in [0.4, 0.5) is 26.3 Å². The first-order valence-corrected chi connectivity index (χ1v) is 12.5. The van der Waals surface area contributed by atoms with E-state index in [2.05, 4.69) is 0 Å². The zero-order valence-electron chi connectivity index (χ0n) is 16.6. The zero-order chi connectivity index (χ0) is 22.7. The minimum atomic E-state index is -5.52. The molecule has 0 bridgehead atoms. The highest BCUT2D eigenvalue weighted by Crippen LogP contribution is 2.66. The summed E-state index contributed by atoms with van der Waals surface area (Å²) in [7, 11) is 0. The molecule has 0 amide bonds. The van der Waals surface area contributed by atoms with E-state index in [4.69, 9.17) is 0 Å². The van der Waals surface area contributed by atoms with Crippen LogP contribution in [0, 0.1) is 27.7 Å². The molecule has 0 saturated carbocycles. The molecule has 0 radical (unpaired) electrons. The fraction of sp³-hybridized carbons (Fsp3) is 0.333. The van der Waals surface area contributed by atoms with Gasteiger partial charge in [-0.25, -0.2) is 0 Å². The first-order chi connectivity index (χ1) is 14.3. The summed E-state index contributed by atoms with van der Waals surface area (Å²) in [5.74, 6) is -15.5. The van der Waals surface area contributed by atoms with E-state index in [1.54, 1.807) is 13.8 Å². The van der Waals surface area contributed by atoms with Gasteiger partial charge in [-0.1, -0.05) is 0 Å². The molecule has 0 saturated heterocycles. The first-order valence-electron chi connectivity index (χ1n) is 9.16. The normalized spacial score (nSPS) is 19.9. The third-order valence-corrected chi connectivity index (χ3v) is 10.9. The van der Waals surface area contributed by atoms with Gasteiger partial charge in [0.05, 0.1) is 24.4 Å². The van der Waals surface area contributed by atoms with Crippen LogP contribution in [0.2, 0.25) is 0 Å². The number of thiophene rings is 4. The van der Waals surface area contributed by atoms with Crippen molar-refractivity contribution in [3.8, 4) is 0 Å². The third kappa shape index (κ3) is 2.53. The van der Waals surface area contributed by atoms with Crippen molar-refractivity contribution in [2.75, 3.05) is 0 Å². The summed E-state index contributed by atoms with van der Waals surface area (Å²) in [5.41, 5.74) is -1.33. The topological polar surface area (TPSA) is 0 Å². The standard InChI is InChI=1S/C21H14F6S4/c1-7-6-28-17-14(7)30-16-9(3)15(31-18(16)17)13-12(11-5-8(2)29-10(11)4)19(22,23)21(26,27)20(13,24)25/h5-6H,1-4H3. The average Bonchev–Trinajstić information content (AvgIpc) is 3.38. The SMILES string of the molecule is Cc1cc(C2=C(c3sc4c(sc5c(C)csc54)c3C)C(F)(F)C(F)(F)C2(F)F)c(C)s1. The second kappa shape index (κ2) is 6.36. The summed E-state index contributed by atoms with van der Waals surface area (Å²) in [5, 5.41) is 1.93. The van der Waals surface area contributed by atoms with Crippen LogP contribution in [0.5, 0.6) is 0 Å². The number of alkyl halides is 6. The van der Waals surface area contributed by atoms with Crippen molar-refractivity contribution in [2.45, 2.75) is 45.5 Å². The summed E-state index contributed by atoms with van der Waals surface area (Å²) in [6, 6.07) is 1.30. The van der Waals surface area contributed by atoms with E-state index in [0.29, 0.717) is 24.7 Å². The van der Waals surface area contributed by atoms with Gasteiger partial charge in [-0.15, -0.1) is 45.3 Å². The van der Waals surface area contributed by atoms with Crippen LogP contribution in [0.1, 0.15) is 31.3 Å². The molecule has 31 heavy (non-hydrogen) atoms. The lowest BCUT2D eigenvalue weighted by molar-refractivity contribution is -0.254. The Kier molecular flexibility index (Phi) is 4.41. The minimum Gasteiger partial charge on any atom is -0.194 e. The highest BCUT2D eigenvalue weighted by atomic mass is 32.1. The Labute approximate surface area is 189 Å². The van der Waals surface area contributed by atoms with Crippen LogP contribution in [-0.2, 0) is 0 Å². The number of fused-ring (bicyclic) bond motifs is 3. The second-order valence-corrected chi connectivity index (χ2v) is 12.1. The molecule has 164 valence electrons. The number of hydrogen-bond acceptors (Lipinski definition) is 4. The molecular formula is C21H14F6S4. The van der Waals surface area contributed by atoms with Crippen molar-refractivity contribution in [1.29, 1.82) is 0 Å². The van der Waals surface area contributed by atoms with Gasteiger partial charge in [-0.05, 0) is 55.8 Å². The van der Waals surface area contributed by atoms with Crippen LogP contribution in [-0.4, -0.2) is 17.8 Å². The lowest BCUT2D eigenvalue weighted by atomic mass is 9.97. The van der Waals surface area contributed by atoms with Crippen molar-refractivity contribution >= 4 is 75.3 Å². The number of allylic oxidation sites excluding steroid dienone is 2. The maximum Gasteiger partial charge on any atom is 0.380 e. The van der Waals surface area contributed by atoms with Crippen LogP contribution in [0.25, 0.3) is 29.9 Å². The summed E-state index contributed by atoms with van der Waals surface area (Å²) in [4.78, 5) is 0.716. The lowest BCUT2D eigenvalue weighted by Crippen LogP contribution is -2.48. The van der Waals surface area contributed by atoms with E-state index in [1.807, 2.05) is 12.3 Å². The molecule has 0 fully saturated rings. The molecule has 10 heteroatoms. The predicted molar refractivity (Wildman–Crippen MR) is 120 cm³/mol. The van der Waals surface area contributed by atoms with E-state index < -0.39 is 28.9 Å². The zero-order valence-corrected chi connectivity index (χ0v) is 19.8. The Morgan fingerprint density at radius 2 is 1.35 bits per heavy atom. The molecular weight excluding hydrogens is 494 g/mol. The van der Waals surface area contributed by atoms with E-state index >= 15 is 8.78 Å². The molecule has 0 aromatic carbocycles. The summed E-state index contributed by atoms with van der Waals surface area (Å²) < 4.78 is 92.5. The number of rotatable bonds is 2. The van der Waals surface area contributed by atoms with Crippen LogP contribution in [0.15, 0.2) is 11.4 Å². The Hall–Kier alpha value is -1.36. The van der Waals surface area contributed by atoms with Gasteiger partial charge in [0, 0.05) is 20.2 Å². The Balaban J connectivity index is 1.91. The predicted octanol–water partition coefficient (Wildman–Crippen LogP) is 9.30. The molecule has 0 atom stereocenters. The summed E-state index contributed by atoms with van der Waals surface area (Å²) >= 11 is 4.85. The molecule has 1 aliphatic rings. The van der Waals surface area contributed by atoms with E-state index in [0.717, 1.165) is 37.6 Å². The quantitative estimate of drug-likeness (QED) is 0.237. The maximum absolute atomic E-state index is 15.1. The molecule has 4 aromatic rings. The minimum absolute atomic E-state index is 0.186. The molecule has 0 spiro atoms. The van der Waals surface area contributed by atoms with Crippen LogP contribution in [0.3, 0.4) is 0 Å². The second-order valence-electron chi connectivity index (χ2n) is 7.69. The average molecular weight is 509 g/mol. The number of halogens is 6. The molecule has 4 aromatic heterocycles. The van der Waals surface area contributed by atoms with Crippen molar-refractivity contribution in [2.24, 2.45) is 0 Å². The molecule has 1 aliphatic carbocycles. The Bertz CT molecular complexity index is 1410. The van der Waals surface area contributed by atoms with Crippen LogP contribution >= 0.6 is 45.3 Å².